The first kappa shape index (κ1) is 19.2. The Hall–Kier alpha value is -3.13. The molecule has 7 nitrogen and oxygen atoms in total. The van der Waals surface area contributed by atoms with Crippen molar-refractivity contribution in [2.75, 3.05) is 32.0 Å². The minimum absolute atomic E-state index is 0.196. The number of hydrogen-bond acceptors (Lipinski definition) is 6. The third-order valence-electron chi connectivity index (χ3n) is 3.36. The summed E-state index contributed by atoms with van der Waals surface area (Å²) >= 11 is 5.28. The third kappa shape index (κ3) is 4.93. The zero-order valence-corrected chi connectivity index (χ0v) is 15.3. The van der Waals surface area contributed by atoms with Gasteiger partial charge in [-0.05, 0) is 42.5 Å². The lowest BCUT2D eigenvalue weighted by molar-refractivity contribution is 0.0599. The van der Waals surface area contributed by atoms with E-state index in [4.69, 9.17) is 26.4 Å². The van der Waals surface area contributed by atoms with Crippen molar-refractivity contribution in [2.24, 2.45) is 0 Å². The van der Waals surface area contributed by atoms with Gasteiger partial charge in [-0.3, -0.25) is 0 Å². The second-order valence-electron chi connectivity index (χ2n) is 5.09. The van der Waals surface area contributed by atoms with E-state index >= 15 is 0 Å². The molecule has 0 saturated carbocycles. The van der Waals surface area contributed by atoms with Gasteiger partial charge in [-0.2, -0.15) is 0 Å². The molecule has 136 valence electrons. The Morgan fingerprint density at radius 1 is 0.846 bits per heavy atom. The number of hydrogen-bond donors (Lipinski definition) is 2. The van der Waals surface area contributed by atoms with Gasteiger partial charge in [0, 0.05) is 17.4 Å². The number of benzene rings is 2. The number of thiocarbonyl (C=S) groups is 1. The van der Waals surface area contributed by atoms with E-state index in [1.54, 1.807) is 13.2 Å². The minimum atomic E-state index is -0.578. The molecule has 0 aliphatic heterocycles. The Kier molecular flexibility index (Phi) is 6.51. The normalized spacial score (nSPS) is 9.81. The van der Waals surface area contributed by atoms with Crippen LogP contribution in [-0.4, -0.2) is 38.4 Å². The number of methoxy groups -OCH3 is 3. The van der Waals surface area contributed by atoms with Crippen LogP contribution in [0.25, 0.3) is 0 Å². The summed E-state index contributed by atoms with van der Waals surface area (Å²) in [6.07, 6.45) is 0. The van der Waals surface area contributed by atoms with Crippen LogP contribution in [0.4, 0.5) is 11.4 Å². The van der Waals surface area contributed by atoms with E-state index in [1.165, 1.54) is 32.4 Å². The molecule has 0 aliphatic carbocycles. The second-order valence-corrected chi connectivity index (χ2v) is 5.50. The van der Waals surface area contributed by atoms with E-state index in [0.717, 1.165) is 5.69 Å². The summed E-state index contributed by atoms with van der Waals surface area (Å²) in [6, 6.07) is 11.7. The Labute approximate surface area is 156 Å². The molecule has 26 heavy (non-hydrogen) atoms. The van der Waals surface area contributed by atoms with Crippen LogP contribution in [-0.2, 0) is 9.47 Å². The number of carbonyl (C=O) groups is 2. The summed E-state index contributed by atoms with van der Waals surface area (Å²) in [5, 5.41) is 6.20. The first-order valence-electron chi connectivity index (χ1n) is 7.50. The van der Waals surface area contributed by atoms with Crippen molar-refractivity contribution in [1.82, 2.24) is 0 Å². The van der Waals surface area contributed by atoms with Gasteiger partial charge in [-0.1, -0.05) is 6.07 Å². The van der Waals surface area contributed by atoms with Crippen molar-refractivity contribution >= 4 is 40.6 Å². The number of ether oxygens (including phenoxy) is 3. The number of nitrogens with one attached hydrogen (secondary N) is 2. The Morgan fingerprint density at radius 2 is 1.42 bits per heavy atom. The smallest absolute Gasteiger partial charge is 0.337 e. The van der Waals surface area contributed by atoms with Crippen LogP contribution in [0.5, 0.6) is 5.75 Å². The molecule has 0 aromatic heterocycles. The van der Waals surface area contributed by atoms with Gasteiger partial charge >= 0.3 is 11.9 Å². The molecule has 2 N–H and O–H groups in total. The van der Waals surface area contributed by atoms with E-state index in [1.807, 2.05) is 18.2 Å². The molecule has 0 radical (unpaired) electrons. The highest BCUT2D eigenvalue weighted by Gasteiger charge is 2.14. The summed E-state index contributed by atoms with van der Waals surface area (Å²) in [4.78, 5) is 23.6. The molecule has 0 heterocycles. The lowest BCUT2D eigenvalue weighted by atomic mass is 10.1. The maximum Gasteiger partial charge on any atom is 0.337 e. The minimum Gasteiger partial charge on any atom is -0.497 e. The number of rotatable bonds is 5. The Morgan fingerprint density at radius 3 is 1.96 bits per heavy atom. The summed E-state index contributed by atoms with van der Waals surface area (Å²) < 4.78 is 14.6. The third-order valence-corrected chi connectivity index (χ3v) is 3.56. The molecular formula is C18H18N2O5S. The van der Waals surface area contributed by atoms with E-state index in [-0.39, 0.29) is 16.2 Å². The highest BCUT2D eigenvalue weighted by molar-refractivity contribution is 7.80. The number of anilines is 2. The SMILES string of the molecule is COC(=O)c1cc(NC(=S)Nc2cccc(OC)c2)cc(C(=O)OC)c1. The lowest BCUT2D eigenvalue weighted by Crippen LogP contribution is -2.20. The van der Waals surface area contributed by atoms with Crippen LogP contribution in [0, 0.1) is 0 Å². The highest BCUT2D eigenvalue weighted by atomic mass is 32.1. The highest BCUT2D eigenvalue weighted by Crippen LogP contribution is 2.19. The quantitative estimate of drug-likeness (QED) is 0.610. The van der Waals surface area contributed by atoms with E-state index in [2.05, 4.69) is 10.6 Å². The zero-order valence-electron chi connectivity index (χ0n) is 14.5. The van der Waals surface area contributed by atoms with Gasteiger partial charge in [0.25, 0.3) is 0 Å². The largest absolute Gasteiger partial charge is 0.497 e. The van der Waals surface area contributed by atoms with Crippen LogP contribution in [0.15, 0.2) is 42.5 Å². The first-order valence-corrected chi connectivity index (χ1v) is 7.91. The van der Waals surface area contributed by atoms with Crippen molar-refractivity contribution in [2.45, 2.75) is 0 Å². The number of esters is 2. The molecule has 2 aromatic carbocycles. The van der Waals surface area contributed by atoms with E-state index in [0.29, 0.717) is 11.4 Å². The topological polar surface area (TPSA) is 85.9 Å². The maximum atomic E-state index is 11.8. The molecular weight excluding hydrogens is 356 g/mol. The van der Waals surface area contributed by atoms with Crippen LogP contribution >= 0.6 is 12.2 Å². The molecule has 2 aromatic rings. The molecule has 0 aliphatic rings. The number of carbonyl (C=O) groups excluding carboxylic acids is 2. The van der Waals surface area contributed by atoms with Crippen molar-refractivity contribution in [3.63, 3.8) is 0 Å². The van der Waals surface area contributed by atoms with Crippen molar-refractivity contribution < 1.29 is 23.8 Å². The fourth-order valence-electron chi connectivity index (χ4n) is 2.17. The Balaban J connectivity index is 2.22. The summed E-state index contributed by atoms with van der Waals surface area (Å²) in [6.45, 7) is 0. The van der Waals surface area contributed by atoms with Gasteiger partial charge in [0.15, 0.2) is 5.11 Å². The van der Waals surface area contributed by atoms with Gasteiger partial charge < -0.3 is 24.8 Å². The van der Waals surface area contributed by atoms with Gasteiger partial charge in [0.2, 0.25) is 0 Å². The second kappa shape index (κ2) is 8.82. The molecule has 0 bridgehead atoms. The van der Waals surface area contributed by atoms with Crippen molar-refractivity contribution in [3.05, 3.63) is 53.6 Å². The van der Waals surface area contributed by atoms with E-state index in [9.17, 15) is 9.59 Å². The summed E-state index contributed by atoms with van der Waals surface area (Å²) in [7, 11) is 4.09. The standard InChI is InChI=1S/C18H18N2O5S/c1-23-15-6-4-5-13(10-15)19-18(26)20-14-8-11(16(21)24-2)7-12(9-14)17(22)25-3/h4-10H,1-3H3,(H2,19,20,26). The monoisotopic (exact) mass is 374 g/mol. The molecule has 0 atom stereocenters. The van der Waals surface area contributed by atoms with E-state index < -0.39 is 11.9 Å². The average molecular weight is 374 g/mol. The van der Waals surface area contributed by atoms with Gasteiger partial charge in [-0.25, -0.2) is 9.59 Å². The molecule has 8 heteroatoms. The Bertz CT molecular complexity index is 804. The van der Waals surface area contributed by atoms with Gasteiger partial charge in [0.05, 0.1) is 32.5 Å². The molecule has 2 rings (SSSR count). The molecule has 0 fully saturated rings. The van der Waals surface area contributed by atoms with Crippen LogP contribution in [0.2, 0.25) is 0 Å². The van der Waals surface area contributed by atoms with Crippen molar-refractivity contribution in [1.29, 1.82) is 0 Å². The average Bonchev–Trinajstić information content (AvgIpc) is 2.66. The summed E-state index contributed by atoms with van der Waals surface area (Å²) in [5.41, 5.74) is 1.55. The first-order chi connectivity index (χ1) is 12.5. The van der Waals surface area contributed by atoms with Crippen molar-refractivity contribution in [3.8, 4) is 5.75 Å². The van der Waals surface area contributed by atoms with Gasteiger partial charge in [0.1, 0.15) is 5.75 Å². The maximum absolute atomic E-state index is 11.8. The predicted molar refractivity (Wildman–Crippen MR) is 102 cm³/mol. The fourth-order valence-corrected chi connectivity index (χ4v) is 2.40. The molecule has 0 saturated heterocycles. The zero-order chi connectivity index (χ0) is 19.1. The van der Waals surface area contributed by atoms with Crippen LogP contribution in [0.1, 0.15) is 20.7 Å². The summed E-state index contributed by atoms with van der Waals surface area (Å²) in [5.74, 6) is -0.477. The van der Waals surface area contributed by atoms with Gasteiger partial charge in [-0.15, -0.1) is 0 Å². The van der Waals surface area contributed by atoms with Crippen LogP contribution < -0.4 is 15.4 Å². The molecule has 0 spiro atoms. The molecule has 0 unspecified atom stereocenters. The predicted octanol–water partition coefficient (Wildman–Crippen LogP) is 3.08. The lowest BCUT2D eigenvalue weighted by Gasteiger charge is -2.13. The fraction of sp³-hybridized carbons (Fsp3) is 0.167. The van der Waals surface area contributed by atoms with Crippen LogP contribution in [0.3, 0.4) is 0 Å². The molecule has 0 amide bonds.